The Labute approximate surface area is 126 Å². The minimum absolute atomic E-state index is 0.268. The molecule has 3 rings (SSSR count). The average molecular weight is 290 g/mol. The van der Waals surface area contributed by atoms with Crippen LogP contribution in [0.25, 0.3) is 0 Å². The zero-order chi connectivity index (χ0) is 14.9. The second-order valence-corrected chi connectivity index (χ2v) is 6.87. The monoisotopic (exact) mass is 290 g/mol. The largest absolute Gasteiger partial charge is 0.340 e. The third-order valence-electron chi connectivity index (χ3n) is 5.47. The summed E-state index contributed by atoms with van der Waals surface area (Å²) in [6, 6.07) is 1.91. The maximum Gasteiger partial charge on any atom is 0.250 e. The van der Waals surface area contributed by atoms with Gasteiger partial charge < -0.3 is 10.2 Å². The maximum atomic E-state index is 13.3. The number of rotatable bonds is 3. The minimum atomic E-state index is -0.478. The van der Waals surface area contributed by atoms with Crippen molar-refractivity contribution < 1.29 is 4.79 Å². The fourth-order valence-corrected chi connectivity index (χ4v) is 3.68. The van der Waals surface area contributed by atoms with Gasteiger partial charge in [0.15, 0.2) is 0 Å². The first kappa shape index (κ1) is 14.6. The molecule has 2 fully saturated rings. The summed E-state index contributed by atoms with van der Waals surface area (Å²) in [4.78, 5) is 15.3. The molecule has 0 aromatic carbocycles. The van der Waals surface area contributed by atoms with Crippen molar-refractivity contribution in [1.29, 1.82) is 0 Å². The van der Waals surface area contributed by atoms with Gasteiger partial charge in [0.1, 0.15) is 5.54 Å². The Balaban J connectivity index is 1.86. The average Bonchev–Trinajstić information content (AvgIpc) is 3.18. The Morgan fingerprint density at radius 1 is 1.33 bits per heavy atom. The molecule has 0 saturated carbocycles. The summed E-state index contributed by atoms with van der Waals surface area (Å²) in [5.41, 5.74) is -0.193. The van der Waals surface area contributed by atoms with Crippen LogP contribution in [0.4, 0.5) is 0 Å². The van der Waals surface area contributed by atoms with Crippen molar-refractivity contribution in [1.82, 2.24) is 20.0 Å². The zero-order valence-electron chi connectivity index (χ0n) is 13.1. The van der Waals surface area contributed by atoms with Gasteiger partial charge in [0.05, 0.1) is 0 Å². The van der Waals surface area contributed by atoms with Gasteiger partial charge in [-0.3, -0.25) is 9.48 Å². The fraction of sp³-hybridized carbons (Fsp3) is 0.750. The first-order valence-electron chi connectivity index (χ1n) is 8.10. The van der Waals surface area contributed by atoms with E-state index in [1.54, 1.807) is 6.20 Å². The molecule has 0 aliphatic carbocycles. The van der Waals surface area contributed by atoms with Crippen LogP contribution in [0.5, 0.6) is 0 Å². The summed E-state index contributed by atoms with van der Waals surface area (Å²) in [6.45, 7) is 8.05. The van der Waals surface area contributed by atoms with Gasteiger partial charge in [-0.15, -0.1) is 0 Å². The van der Waals surface area contributed by atoms with Gasteiger partial charge in [-0.05, 0) is 50.3 Å². The highest BCUT2D eigenvalue weighted by Gasteiger charge is 2.47. The molecule has 5 heteroatoms. The fourth-order valence-electron chi connectivity index (χ4n) is 3.68. The Morgan fingerprint density at radius 2 is 2.10 bits per heavy atom. The highest BCUT2D eigenvalue weighted by atomic mass is 16.2. The van der Waals surface area contributed by atoms with Crippen LogP contribution in [0.15, 0.2) is 18.5 Å². The van der Waals surface area contributed by atoms with Crippen LogP contribution in [0.1, 0.15) is 39.5 Å². The molecular weight excluding hydrogens is 264 g/mol. The summed E-state index contributed by atoms with van der Waals surface area (Å²) in [6.07, 6.45) is 7.62. The molecule has 21 heavy (non-hydrogen) atoms. The molecular formula is C16H26N4O. The van der Waals surface area contributed by atoms with E-state index in [1.165, 1.54) is 0 Å². The second-order valence-electron chi connectivity index (χ2n) is 6.87. The quantitative estimate of drug-likeness (QED) is 0.920. The zero-order valence-corrected chi connectivity index (χ0v) is 13.1. The Hall–Kier alpha value is -1.36. The molecule has 1 amide bonds. The van der Waals surface area contributed by atoms with Crippen LogP contribution in [-0.4, -0.2) is 46.8 Å². The van der Waals surface area contributed by atoms with E-state index in [0.29, 0.717) is 0 Å². The predicted octanol–water partition coefficient (Wildman–Crippen LogP) is 1.61. The van der Waals surface area contributed by atoms with Crippen LogP contribution >= 0.6 is 0 Å². The van der Waals surface area contributed by atoms with Crippen LogP contribution < -0.4 is 5.32 Å². The lowest BCUT2D eigenvalue weighted by Gasteiger charge is -2.39. The van der Waals surface area contributed by atoms with E-state index in [-0.39, 0.29) is 11.3 Å². The van der Waals surface area contributed by atoms with Crippen molar-refractivity contribution in [2.75, 3.05) is 26.2 Å². The van der Waals surface area contributed by atoms with Crippen molar-refractivity contribution in [2.24, 2.45) is 5.41 Å². The molecule has 2 aliphatic rings. The lowest BCUT2D eigenvalue weighted by Crippen LogP contribution is -2.55. The van der Waals surface area contributed by atoms with Gasteiger partial charge in [0.2, 0.25) is 0 Å². The molecule has 2 saturated heterocycles. The van der Waals surface area contributed by atoms with Crippen LogP contribution in [0.3, 0.4) is 0 Å². The van der Waals surface area contributed by atoms with E-state index in [9.17, 15) is 4.79 Å². The normalized spacial score (nSPS) is 28.8. The van der Waals surface area contributed by atoms with E-state index in [2.05, 4.69) is 29.2 Å². The molecule has 116 valence electrons. The standard InChI is InChI=1S/C16H26N4O/c1-3-15(2)7-12-19(13-15)14(21)16(5-9-17-10-6-16)20-11-4-8-18-20/h4,8,11,17H,3,5-7,9-10,12-13H2,1-2H3. The number of carbonyl (C=O) groups excluding carboxylic acids is 1. The number of aromatic nitrogens is 2. The first-order chi connectivity index (χ1) is 10.1. The molecule has 1 aromatic heterocycles. The predicted molar refractivity (Wildman–Crippen MR) is 81.9 cm³/mol. The number of carbonyl (C=O) groups is 1. The topological polar surface area (TPSA) is 50.2 Å². The number of piperidine rings is 1. The highest BCUT2D eigenvalue weighted by Crippen LogP contribution is 2.37. The molecule has 1 N–H and O–H groups in total. The highest BCUT2D eigenvalue weighted by molar-refractivity contribution is 5.85. The first-order valence-corrected chi connectivity index (χ1v) is 8.10. The molecule has 1 aromatic rings. The summed E-state index contributed by atoms with van der Waals surface area (Å²) in [5, 5.41) is 7.76. The summed E-state index contributed by atoms with van der Waals surface area (Å²) >= 11 is 0. The van der Waals surface area contributed by atoms with Crippen LogP contribution in [0, 0.1) is 5.41 Å². The van der Waals surface area contributed by atoms with Crippen molar-refractivity contribution in [3.05, 3.63) is 18.5 Å². The summed E-state index contributed by atoms with van der Waals surface area (Å²) < 4.78 is 1.90. The molecule has 1 unspecified atom stereocenters. The second kappa shape index (κ2) is 5.44. The minimum Gasteiger partial charge on any atom is -0.340 e. The van der Waals surface area contributed by atoms with Gasteiger partial charge >= 0.3 is 0 Å². The SMILES string of the molecule is CCC1(C)CCN(C(=O)C2(n3cccn3)CCNCC2)C1. The van der Waals surface area contributed by atoms with Crippen LogP contribution in [-0.2, 0) is 10.3 Å². The number of amides is 1. The number of hydrogen-bond acceptors (Lipinski definition) is 3. The number of hydrogen-bond donors (Lipinski definition) is 1. The molecule has 2 aliphatic heterocycles. The summed E-state index contributed by atoms with van der Waals surface area (Å²) in [7, 11) is 0. The van der Waals surface area contributed by atoms with Gasteiger partial charge in [-0.1, -0.05) is 13.8 Å². The van der Waals surface area contributed by atoms with E-state index < -0.39 is 5.54 Å². The van der Waals surface area contributed by atoms with E-state index in [4.69, 9.17) is 0 Å². The third kappa shape index (κ3) is 2.48. The lowest BCUT2D eigenvalue weighted by molar-refractivity contribution is -0.142. The van der Waals surface area contributed by atoms with E-state index >= 15 is 0 Å². The van der Waals surface area contributed by atoms with Crippen molar-refractivity contribution in [3.63, 3.8) is 0 Å². The van der Waals surface area contributed by atoms with Crippen molar-refractivity contribution in [2.45, 2.75) is 45.1 Å². The van der Waals surface area contributed by atoms with Gasteiger partial charge in [-0.2, -0.15) is 5.10 Å². The lowest BCUT2D eigenvalue weighted by atomic mass is 9.85. The molecule has 3 heterocycles. The Bertz CT molecular complexity index is 492. The van der Waals surface area contributed by atoms with E-state index in [1.807, 2.05) is 16.9 Å². The molecule has 0 radical (unpaired) electrons. The van der Waals surface area contributed by atoms with Gasteiger partial charge in [0, 0.05) is 25.5 Å². The summed E-state index contributed by atoms with van der Waals surface area (Å²) in [5.74, 6) is 0.268. The number of likely N-dealkylation sites (tertiary alicyclic amines) is 1. The molecule has 0 spiro atoms. The number of nitrogens with zero attached hydrogens (tertiary/aromatic N) is 3. The van der Waals surface area contributed by atoms with Crippen molar-refractivity contribution in [3.8, 4) is 0 Å². The Morgan fingerprint density at radius 3 is 2.67 bits per heavy atom. The molecule has 5 nitrogen and oxygen atoms in total. The number of nitrogens with one attached hydrogen (secondary N) is 1. The smallest absolute Gasteiger partial charge is 0.250 e. The molecule has 1 atom stereocenters. The van der Waals surface area contributed by atoms with Crippen molar-refractivity contribution >= 4 is 5.91 Å². The van der Waals surface area contributed by atoms with E-state index in [0.717, 1.165) is 51.9 Å². The van der Waals surface area contributed by atoms with Crippen LogP contribution in [0.2, 0.25) is 0 Å². The maximum absolute atomic E-state index is 13.3. The van der Waals surface area contributed by atoms with Gasteiger partial charge in [0.25, 0.3) is 5.91 Å². The third-order valence-corrected chi connectivity index (χ3v) is 5.47. The molecule has 0 bridgehead atoms. The van der Waals surface area contributed by atoms with Gasteiger partial charge in [-0.25, -0.2) is 0 Å². The Kier molecular flexibility index (Phi) is 3.78.